The molecule has 8 aromatic rings. The highest BCUT2D eigenvalue weighted by Gasteiger charge is 2.42. The number of nitrogens with zero attached hydrogens (tertiary/aromatic N) is 1. The van der Waals surface area contributed by atoms with Gasteiger partial charge in [0.2, 0.25) is 0 Å². The van der Waals surface area contributed by atoms with Crippen molar-refractivity contribution in [2.24, 2.45) is 0 Å². The Kier molecular flexibility index (Phi) is 6.70. The molecular weight excluding hydrogens is 617 g/mol. The van der Waals surface area contributed by atoms with Gasteiger partial charge in [-0.2, -0.15) is 0 Å². The van der Waals surface area contributed by atoms with Gasteiger partial charge in [-0.25, -0.2) is 0 Å². The lowest BCUT2D eigenvalue weighted by molar-refractivity contribution is 0.488. The minimum atomic E-state index is -0.0840. The Morgan fingerprint density at radius 1 is 0.412 bits per heavy atom. The third kappa shape index (κ3) is 4.89. The first kappa shape index (κ1) is 28.3. The predicted molar refractivity (Wildman–Crippen MR) is 214 cm³/mol. The van der Waals surface area contributed by atoms with Gasteiger partial charge in [0.05, 0.1) is 7.06 Å². The van der Waals surface area contributed by atoms with Crippen LogP contribution >= 0.6 is 0 Å². The van der Waals surface area contributed by atoms with Crippen LogP contribution in [0, 0.1) is 0 Å². The van der Waals surface area contributed by atoms with Crippen molar-refractivity contribution in [3.05, 3.63) is 194 Å². The summed E-state index contributed by atoms with van der Waals surface area (Å²) in [5.74, 6) is 1.56. The highest BCUT2D eigenvalue weighted by atomic mass is 16.5. The fourth-order valence-electron chi connectivity index (χ4n) is 7.95. The van der Waals surface area contributed by atoms with Crippen LogP contribution in [0.15, 0.2) is 194 Å². The average molecular weight is 651 g/mol. The van der Waals surface area contributed by atoms with Crippen LogP contribution in [0.4, 0.5) is 17.1 Å². The molecule has 0 aromatic heterocycles. The first-order chi connectivity index (χ1) is 25.7. The van der Waals surface area contributed by atoms with Crippen LogP contribution in [0.25, 0.3) is 44.5 Å². The molecule has 0 saturated carbocycles. The maximum absolute atomic E-state index is 9.17. The summed E-state index contributed by atoms with van der Waals surface area (Å²) in [4.78, 5) is 2.41. The van der Waals surface area contributed by atoms with E-state index in [0.717, 1.165) is 84.0 Å². The van der Waals surface area contributed by atoms with Gasteiger partial charge in [-0.1, -0.05) is 170 Å². The smallest absolute Gasteiger partial charge is 0.256 e. The summed E-state index contributed by atoms with van der Waals surface area (Å²) in [6, 6.07) is 66.7. The molecule has 10 rings (SSSR count). The number of para-hydroxylation sites is 1. The van der Waals surface area contributed by atoms with E-state index in [4.69, 9.17) is 4.74 Å². The summed E-state index contributed by atoms with van der Waals surface area (Å²) in [7, 11) is 0. The summed E-state index contributed by atoms with van der Waals surface area (Å²) in [6.45, 7) is -0.0840. The van der Waals surface area contributed by atoms with Gasteiger partial charge in [0.15, 0.2) is 0 Å². The Balaban J connectivity index is 1.29. The van der Waals surface area contributed by atoms with E-state index in [9.17, 15) is 1.37 Å². The van der Waals surface area contributed by atoms with E-state index in [1.54, 1.807) is 0 Å². The molecule has 0 spiro atoms. The Bertz CT molecular complexity index is 2550. The van der Waals surface area contributed by atoms with Crippen molar-refractivity contribution in [1.82, 2.24) is 0 Å². The van der Waals surface area contributed by atoms with Crippen LogP contribution in [0.5, 0.6) is 11.5 Å². The van der Waals surface area contributed by atoms with Crippen LogP contribution in [-0.2, 0) is 0 Å². The van der Waals surface area contributed by atoms with E-state index in [1.807, 2.05) is 18.2 Å². The first-order valence-electron chi connectivity index (χ1n) is 18.0. The van der Waals surface area contributed by atoms with Gasteiger partial charge in [-0.05, 0) is 74.0 Å². The summed E-state index contributed by atoms with van der Waals surface area (Å²) in [5, 5.41) is 0. The molecule has 0 bridgehead atoms. The maximum Gasteiger partial charge on any atom is 0.256 e. The molecule has 0 radical (unpaired) electrons. The van der Waals surface area contributed by atoms with Crippen LogP contribution in [-0.4, -0.2) is 6.71 Å². The number of rotatable bonds is 5. The van der Waals surface area contributed by atoms with Crippen molar-refractivity contribution in [2.45, 2.75) is 0 Å². The molecule has 3 heteroatoms. The molecule has 0 aliphatic carbocycles. The van der Waals surface area contributed by atoms with Gasteiger partial charge in [0.25, 0.3) is 6.71 Å². The molecule has 2 nitrogen and oxygen atoms in total. The van der Waals surface area contributed by atoms with E-state index in [2.05, 4.69) is 175 Å². The lowest BCUT2D eigenvalue weighted by Crippen LogP contribution is -2.59. The van der Waals surface area contributed by atoms with Crippen molar-refractivity contribution < 1.29 is 6.11 Å². The fourth-order valence-corrected chi connectivity index (χ4v) is 7.95. The molecule has 2 heterocycles. The van der Waals surface area contributed by atoms with Crippen LogP contribution < -0.4 is 26.0 Å². The standard InChI is InChI=1S/C48H32BNO/c1-5-15-33(16-6-1)37-27-29-41-44(31-37)50(48-39(35-19-9-3-10-20-35)23-13-24-40(48)36-21-11-4-12-22-36)43-25-14-26-45-47(43)49(41)42-30-28-38(32-46(42)51-45)34-17-7-2-8-18-34/h1-32H/i14D. The van der Waals surface area contributed by atoms with Gasteiger partial charge in [0, 0.05) is 22.5 Å². The maximum atomic E-state index is 9.17. The minimum absolute atomic E-state index is 0.0840. The van der Waals surface area contributed by atoms with Crippen molar-refractivity contribution in [3.8, 4) is 56.0 Å². The second kappa shape index (κ2) is 12.1. The molecule has 0 amide bonds. The lowest BCUT2D eigenvalue weighted by atomic mass is 9.34. The number of fused-ring (bicyclic) bond motifs is 4. The van der Waals surface area contributed by atoms with E-state index >= 15 is 0 Å². The molecule has 238 valence electrons. The van der Waals surface area contributed by atoms with Gasteiger partial charge in [-0.15, -0.1) is 0 Å². The molecular formula is C48H32BNO. The summed E-state index contributed by atoms with van der Waals surface area (Å²) >= 11 is 0. The van der Waals surface area contributed by atoms with Gasteiger partial charge in [-0.3, -0.25) is 0 Å². The van der Waals surface area contributed by atoms with Crippen LogP contribution in [0.2, 0.25) is 0 Å². The third-order valence-electron chi connectivity index (χ3n) is 10.3. The summed E-state index contributed by atoms with van der Waals surface area (Å²) < 4.78 is 16.0. The normalized spacial score (nSPS) is 12.7. The highest BCUT2D eigenvalue weighted by molar-refractivity contribution is 6.99. The van der Waals surface area contributed by atoms with E-state index in [1.165, 1.54) is 5.46 Å². The summed E-state index contributed by atoms with van der Waals surface area (Å²) in [5.41, 5.74) is 15.6. The van der Waals surface area contributed by atoms with E-state index < -0.39 is 0 Å². The Hall–Kier alpha value is -6.58. The van der Waals surface area contributed by atoms with Crippen molar-refractivity contribution in [3.63, 3.8) is 0 Å². The van der Waals surface area contributed by atoms with E-state index in [0.29, 0.717) is 6.04 Å². The Morgan fingerprint density at radius 3 is 1.53 bits per heavy atom. The number of anilines is 3. The van der Waals surface area contributed by atoms with Crippen LogP contribution in [0.3, 0.4) is 0 Å². The average Bonchev–Trinajstić information content (AvgIpc) is 3.21. The number of hydrogen-bond donors (Lipinski definition) is 0. The van der Waals surface area contributed by atoms with Crippen molar-refractivity contribution in [1.29, 1.82) is 0 Å². The number of hydrogen-bond acceptors (Lipinski definition) is 2. The number of ether oxygens (including phenoxy) is 1. The van der Waals surface area contributed by atoms with Gasteiger partial charge >= 0.3 is 0 Å². The molecule has 2 aliphatic rings. The minimum Gasteiger partial charge on any atom is -0.458 e. The van der Waals surface area contributed by atoms with Crippen molar-refractivity contribution in [2.75, 3.05) is 4.90 Å². The Labute approximate surface area is 300 Å². The molecule has 0 unspecified atom stereocenters. The monoisotopic (exact) mass is 650 g/mol. The van der Waals surface area contributed by atoms with Gasteiger partial charge < -0.3 is 9.64 Å². The Morgan fingerprint density at radius 2 is 0.941 bits per heavy atom. The van der Waals surface area contributed by atoms with Crippen molar-refractivity contribution >= 4 is 40.2 Å². The fraction of sp³-hybridized carbons (Fsp3) is 0. The second-order valence-electron chi connectivity index (χ2n) is 13.2. The lowest BCUT2D eigenvalue weighted by Gasteiger charge is -2.41. The van der Waals surface area contributed by atoms with Crippen LogP contribution in [0.1, 0.15) is 1.37 Å². The quantitative estimate of drug-likeness (QED) is 0.172. The SMILES string of the molecule is [2H]c1cc2c3c(c1)N(c1c(-c4ccccc4)cccc1-c1ccccc1)c1cc(-c4ccccc4)ccc1B3c1ccc(-c3ccccc3)cc1O2. The molecule has 51 heavy (non-hydrogen) atoms. The first-order valence-corrected chi connectivity index (χ1v) is 17.5. The largest absolute Gasteiger partial charge is 0.458 e. The zero-order valence-corrected chi connectivity index (χ0v) is 27.8. The second-order valence-corrected chi connectivity index (χ2v) is 13.2. The number of benzene rings is 8. The predicted octanol–water partition coefficient (Wildman–Crippen LogP) is 10.8. The third-order valence-corrected chi connectivity index (χ3v) is 10.3. The van der Waals surface area contributed by atoms with E-state index in [-0.39, 0.29) is 6.71 Å². The molecule has 0 fully saturated rings. The molecule has 0 saturated heterocycles. The molecule has 8 aromatic carbocycles. The molecule has 2 aliphatic heterocycles. The topological polar surface area (TPSA) is 12.5 Å². The highest BCUT2D eigenvalue weighted by Crippen LogP contribution is 2.49. The zero-order chi connectivity index (χ0) is 34.6. The molecule has 0 atom stereocenters. The zero-order valence-electron chi connectivity index (χ0n) is 28.8. The summed E-state index contributed by atoms with van der Waals surface area (Å²) in [6.07, 6.45) is 0. The molecule has 0 N–H and O–H groups in total. The van der Waals surface area contributed by atoms with Gasteiger partial charge in [0.1, 0.15) is 11.5 Å².